The molecule has 0 atom stereocenters. The topological polar surface area (TPSA) is 25.8 Å². The molecule has 0 saturated carbocycles. The molecule has 0 aliphatic heterocycles. The zero-order chi connectivity index (χ0) is 10.1. The van der Waals surface area contributed by atoms with Crippen molar-refractivity contribution in [3.63, 3.8) is 0 Å². The molecule has 2 nitrogen and oxygen atoms in total. The number of hydrogen-bond donors (Lipinski definition) is 0. The Labute approximate surface area is 95.5 Å². The number of thiophene rings is 1. The first kappa shape index (κ1) is 9.90. The fourth-order valence-corrected chi connectivity index (χ4v) is 2.27. The minimum Gasteiger partial charge on any atom is -0.217 e. The standard InChI is InChI=1S/C9H6Cl2N2S/c1-5-7(6-3-2-4-14-6)12-9(11)13-8(5)10/h2-4H,1H3. The van der Waals surface area contributed by atoms with Crippen LogP contribution in [0.25, 0.3) is 10.6 Å². The van der Waals surface area contributed by atoms with E-state index in [0.29, 0.717) is 5.15 Å². The Morgan fingerprint density at radius 1 is 1.29 bits per heavy atom. The van der Waals surface area contributed by atoms with E-state index in [1.165, 1.54) is 0 Å². The van der Waals surface area contributed by atoms with Gasteiger partial charge in [0.15, 0.2) is 0 Å². The maximum Gasteiger partial charge on any atom is 0.224 e. The number of rotatable bonds is 1. The lowest BCUT2D eigenvalue weighted by Gasteiger charge is -2.03. The Balaban J connectivity index is 2.64. The van der Waals surface area contributed by atoms with E-state index in [4.69, 9.17) is 23.2 Å². The molecular weight excluding hydrogens is 239 g/mol. The monoisotopic (exact) mass is 244 g/mol. The second kappa shape index (κ2) is 3.85. The van der Waals surface area contributed by atoms with Gasteiger partial charge in [0, 0.05) is 5.56 Å². The molecule has 0 fully saturated rings. The van der Waals surface area contributed by atoms with Crippen LogP contribution in [-0.4, -0.2) is 9.97 Å². The first-order chi connectivity index (χ1) is 6.68. The molecular formula is C9H6Cl2N2S. The SMILES string of the molecule is Cc1c(Cl)nc(Cl)nc1-c1cccs1. The molecule has 0 unspecified atom stereocenters. The minimum atomic E-state index is 0.184. The Kier molecular flexibility index (Phi) is 2.72. The van der Waals surface area contributed by atoms with Crippen molar-refractivity contribution in [2.75, 3.05) is 0 Å². The molecule has 2 rings (SSSR count). The average Bonchev–Trinajstić information content (AvgIpc) is 2.63. The number of halogens is 2. The van der Waals surface area contributed by atoms with E-state index in [1.807, 2.05) is 24.4 Å². The maximum atomic E-state index is 5.91. The third kappa shape index (κ3) is 1.75. The van der Waals surface area contributed by atoms with Crippen LogP contribution in [0.3, 0.4) is 0 Å². The lowest BCUT2D eigenvalue weighted by atomic mass is 10.2. The summed E-state index contributed by atoms with van der Waals surface area (Å²) in [6.07, 6.45) is 0. The fourth-order valence-electron chi connectivity index (χ4n) is 1.12. The summed E-state index contributed by atoms with van der Waals surface area (Å²) < 4.78 is 0. The van der Waals surface area contributed by atoms with Crippen molar-refractivity contribution in [3.8, 4) is 10.6 Å². The summed E-state index contributed by atoms with van der Waals surface area (Å²) in [7, 11) is 0. The van der Waals surface area contributed by atoms with E-state index < -0.39 is 0 Å². The highest BCUT2D eigenvalue weighted by atomic mass is 35.5. The van der Waals surface area contributed by atoms with Gasteiger partial charge in [-0.2, -0.15) is 0 Å². The molecule has 0 aliphatic rings. The molecule has 0 amide bonds. The van der Waals surface area contributed by atoms with E-state index in [-0.39, 0.29) is 5.28 Å². The van der Waals surface area contributed by atoms with E-state index >= 15 is 0 Å². The highest BCUT2D eigenvalue weighted by Crippen LogP contribution is 2.29. The Bertz CT molecular complexity index is 454. The van der Waals surface area contributed by atoms with Gasteiger partial charge in [-0.3, -0.25) is 0 Å². The molecule has 0 radical (unpaired) electrons. The van der Waals surface area contributed by atoms with Gasteiger partial charge in [0.2, 0.25) is 5.28 Å². The Hall–Kier alpha value is -0.640. The molecule has 72 valence electrons. The van der Waals surface area contributed by atoms with Crippen molar-refractivity contribution in [3.05, 3.63) is 33.5 Å². The fraction of sp³-hybridized carbons (Fsp3) is 0.111. The van der Waals surface area contributed by atoms with Crippen LogP contribution in [0.5, 0.6) is 0 Å². The van der Waals surface area contributed by atoms with Crippen molar-refractivity contribution < 1.29 is 0 Å². The smallest absolute Gasteiger partial charge is 0.217 e. The van der Waals surface area contributed by atoms with Gasteiger partial charge < -0.3 is 0 Å². The summed E-state index contributed by atoms with van der Waals surface area (Å²) in [5, 5.41) is 2.58. The van der Waals surface area contributed by atoms with Crippen LogP contribution in [0.1, 0.15) is 5.56 Å². The normalized spacial score (nSPS) is 10.5. The van der Waals surface area contributed by atoms with Crippen LogP contribution < -0.4 is 0 Å². The van der Waals surface area contributed by atoms with E-state index in [0.717, 1.165) is 16.1 Å². The molecule has 0 bridgehead atoms. The zero-order valence-corrected chi connectivity index (χ0v) is 9.62. The predicted octanol–water partition coefficient (Wildman–Crippen LogP) is 3.82. The van der Waals surface area contributed by atoms with Crippen LogP contribution >= 0.6 is 34.5 Å². The van der Waals surface area contributed by atoms with Crippen molar-refractivity contribution in [1.82, 2.24) is 9.97 Å². The van der Waals surface area contributed by atoms with Crippen molar-refractivity contribution in [1.29, 1.82) is 0 Å². The molecule has 2 aromatic heterocycles. The first-order valence-electron chi connectivity index (χ1n) is 3.92. The number of hydrogen-bond acceptors (Lipinski definition) is 3. The van der Waals surface area contributed by atoms with Crippen LogP contribution in [0, 0.1) is 6.92 Å². The third-order valence-electron chi connectivity index (χ3n) is 1.81. The van der Waals surface area contributed by atoms with Gasteiger partial charge in [-0.1, -0.05) is 17.7 Å². The van der Waals surface area contributed by atoms with Gasteiger partial charge in [0.25, 0.3) is 0 Å². The van der Waals surface area contributed by atoms with E-state index in [9.17, 15) is 0 Å². The molecule has 14 heavy (non-hydrogen) atoms. The number of nitrogens with zero attached hydrogens (tertiary/aromatic N) is 2. The lowest BCUT2D eigenvalue weighted by molar-refractivity contribution is 1.14. The van der Waals surface area contributed by atoms with Crippen molar-refractivity contribution in [2.24, 2.45) is 0 Å². The Morgan fingerprint density at radius 2 is 2.07 bits per heavy atom. The molecule has 0 saturated heterocycles. The molecule has 0 aliphatic carbocycles. The zero-order valence-electron chi connectivity index (χ0n) is 7.29. The lowest BCUT2D eigenvalue weighted by Crippen LogP contribution is -1.92. The summed E-state index contributed by atoms with van der Waals surface area (Å²) >= 11 is 13.2. The average molecular weight is 245 g/mol. The summed E-state index contributed by atoms with van der Waals surface area (Å²) in [6, 6.07) is 3.94. The van der Waals surface area contributed by atoms with Gasteiger partial charge in [0.05, 0.1) is 10.6 Å². The highest BCUT2D eigenvalue weighted by Gasteiger charge is 2.10. The first-order valence-corrected chi connectivity index (χ1v) is 5.55. The van der Waals surface area contributed by atoms with Gasteiger partial charge in [-0.15, -0.1) is 11.3 Å². The summed E-state index contributed by atoms with van der Waals surface area (Å²) in [6.45, 7) is 1.88. The van der Waals surface area contributed by atoms with Gasteiger partial charge in [-0.25, -0.2) is 9.97 Å². The number of aromatic nitrogens is 2. The molecule has 5 heteroatoms. The summed E-state index contributed by atoms with van der Waals surface area (Å²) in [5.41, 5.74) is 1.67. The molecule has 0 spiro atoms. The third-order valence-corrected chi connectivity index (χ3v) is 3.23. The van der Waals surface area contributed by atoms with Crippen molar-refractivity contribution in [2.45, 2.75) is 6.92 Å². The summed E-state index contributed by atoms with van der Waals surface area (Å²) in [5.74, 6) is 0. The largest absolute Gasteiger partial charge is 0.224 e. The Morgan fingerprint density at radius 3 is 2.71 bits per heavy atom. The van der Waals surface area contributed by atoms with Gasteiger partial charge in [-0.05, 0) is 30.0 Å². The second-order valence-corrected chi connectivity index (χ2v) is 4.38. The molecule has 0 N–H and O–H groups in total. The van der Waals surface area contributed by atoms with E-state index in [2.05, 4.69) is 9.97 Å². The highest BCUT2D eigenvalue weighted by molar-refractivity contribution is 7.13. The molecule has 2 heterocycles. The van der Waals surface area contributed by atoms with E-state index in [1.54, 1.807) is 11.3 Å². The van der Waals surface area contributed by atoms with Crippen LogP contribution in [0.2, 0.25) is 10.4 Å². The van der Waals surface area contributed by atoms with Crippen LogP contribution in [-0.2, 0) is 0 Å². The van der Waals surface area contributed by atoms with Crippen LogP contribution in [0.4, 0.5) is 0 Å². The maximum absolute atomic E-state index is 5.91. The molecule has 0 aromatic carbocycles. The minimum absolute atomic E-state index is 0.184. The summed E-state index contributed by atoms with van der Waals surface area (Å²) in [4.78, 5) is 9.07. The molecule has 2 aromatic rings. The van der Waals surface area contributed by atoms with Crippen LogP contribution in [0.15, 0.2) is 17.5 Å². The van der Waals surface area contributed by atoms with Crippen molar-refractivity contribution >= 4 is 34.5 Å². The second-order valence-electron chi connectivity index (χ2n) is 2.73. The quantitative estimate of drug-likeness (QED) is 0.563. The van der Waals surface area contributed by atoms with Gasteiger partial charge in [0.1, 0.15) is 5.15 Å². The van der Waals surface area contributed by atoms with Gasteiger partial charge >= 0.3 is 0 Å². The predicted molar refractivity (Wildman–Crippen MR) is 60.1 cm³/mol.